The third kappa shape index (κ3) is 4.95. The number of likely N-dealkylation sites (N-methyl/N-ethyl adjacent to an activating group) is 1. The maximum Gasteiger partial charge on any atom is 0.409 e. The molecule has 1 fully saturated rings. The monoisotopic (exact) mass is 305 g/mol. The highest BCUT2D eigenvalue weighted by Gasteiger charge is 2.19. The predicted octanol–water partition coefficient (Wildman–Crippen LogP) is 1.71. The Bertz CT molecular complexity index is 493. The maximum absolute atomic E-state index is 12.0. The van der Waals surface area contributed by atoms with Gasteiger partial charge in [-0.2, -0.15) is 0 Å². The van der Waals surface area contributed by atoms with Crippen LogP contribution in [0.3, 0.4) is 0 Å². The molecule has 0 radical (unpaired) electrons. The average Bonchev–Trinajstić information content (AvgIpc) is 2.55. The largest absolute Gasteiger partial charge is 0.449 e. The number of ether oxygens (including phenoxy) is 1. The fraction of sp³-hybridized carbons (Fsp3) is 0.500. The van der Waals surface area contributed by atoms with Crippen molar-refractivity contribution in [1.29, 1.82) is 0 Å². The number of hydrogen-bond acceptors (Lipinski definition) is 3. The lowest BCUT2D eigenvalue weighted by molar-refractivity contribution is 0.0733. The first-order chi connectivity index (χ1) is 10.7. The molecule has 0 atom stereocenters. The van der Waals surface area contributed by atoms with Crippen molar-refractivity contribution in [2.75, 3.05) is 39.8 Å². The second kappa shape index (κ2) is 8.26. The number of nitrogens with zero attached hydrogens (tertiary/aromatic N) is 2. The molecule has 1 aromatic rings. The molecule has 3 amide bonds. The summed E-state index contributed by atoms with van der Waals surface area (Å²) in [6.45, 7) is 2.75. The molecule has 1 N–H and O–H groups in total. The molecule has 0 saturated carbocycles. The number of rotatable bonds is 6. The second-order valence-electron chi connectivity index (χ2n) is 5.34. The SMILES string of the molecule is CN(CCc1ccccc1)C(=O)NCCN1CCCOC1=O. The summed E-state index contributed by atoms with van der Waals surface area (Å²) >= 11 is 0. The number of carbonyl (C=O) groups is 2. The molecule has 1 aromatic carbocycles. The van der Waals surface area contributed by atoms with Gasteiger partial charge in [-0.3, -0.25) is 0 Å². The lowest BCUT2D eigenvalue weighted by atomic mass is 10.1. The van der Waals surface area contributed by atoms with E-state index in [2.05, 4.69) is 5.32 Å². The molecule has 1 heterocycles. The van der Waals surface area contributed by atoms with Crippen LogP contribution in [0.5, 0.6) is 0 Å². The van der Waals surface area contributed by atoms with Crippen LogP contribution in [-0.2, 0) is 11.2 Å². The number of cyclic esters (lactones) is 1. The summed E-state index contributed by atoms with van der Waals surface area (Å²) in [7, 11) is 1.77. The van der Waals surface area contributed by atoms with Gasteiger partial charge in [-0.05, 0) is 18.4 Å². The fourth-order valence-electron chi connectivity index (χ4n) is 2.28. The van der Waals surface area contributed by atoms with Gasteiger partial charge in [0.1, 0.15) is 0 Å². The van der Waals surface area contributed by atoms with E-state index in [1.165, 1.54) is 5.56 Å². The first kappa shape index (κ1) is 16.1. The molecule has 6 nitrogen and oxygen atoms in total. The van der Waals surface area contributed by atoms with Crippen LogP contribution in [0.25, 0.3) is 0 Å². The van der Waals surface area contributed by atoms with Gasteiger partial charge in [0.05, 0.1) is 6.61 Å². The van der Waals surface area contributed by atoms with Crippen molar-refractivity contribution in [2.45, 2.75) is 12.8 Å². The Morgan fingerprint density at radius 1 is 1.36 bits per heavy atom. The molecule has 22 heavy (non-hydrogen) atoms. The number of carbonyl (C=O) groups excluding carboxylic acids is 2. The Balaban J connectivity index is 1.64. The van der Waals surface area contributed by atoms with E-state index in [9.17, 15) is 9.59 Å². The van der Waals surface area contributed by atoms with Crippen LogP contribution in [0.4, 0.5) is 9.59 Å². The molecule has 0 bridgehead atoms. The molecule has 0 unspecified atom stereocenters. The van der Waals surface area contributed by atoms with Crippen LogP contribution in [0.15, 0.2) is 30.3 Å². The first-order valence-corrected chi connectivity index (χ1v) is 7.61. The second-order valence-corrected chi connectivity index (χ2v) is 5.34. The van der Waals surface area contributed by atoms with Gasteiger partial charge in [0.25, 0.3) is 0 Å². The summed E-state index contributed by atoms with van der Waals surface area (Å²) in [6.07, 6.45) is 1.37. The summed E-state index contributed by atoms with van der Waals surface area (Å²) < 4.78 is 4.95. The van der Waals surface area contributed by atoms with Crippen LogP contribution in [0, 0.1) is 0 Å². The third-order valence-electron chi connectivity index (χ3n) is 3.64. The van der Waals surface area contributed by atoms with Gasteiger partial charge in [0.2, 0.25) is 0 Å². The van der Waals surface area contributed by atoms with E-state index >= 15 is 0 Å². The summed E-state index contributed by atoms with van der Waals surface area (Å²) in [5.41, 5.74) is 1.21. The summed E-state index contributed by atoms with van der Waals surface area (Å²) in [5.74, 6) is 0. The summed E-state index contributed by atoms with van der Waals surface area (Å²) in [4.78, 5) is 26.7. The van der Waals surface area contributed by atoms with E-state index in [0.29, 0.717) is 32.8 Å². The molecule has 6 heteroatoms. The molecule has 0 aliphatic carbocycles. The van der Waals surface area contributed by atoms with E-state index in [1.807, 2.05) is 30.3 Å². The molecule has 0 aromatic heterocycles. The van der Waals surface area contributed by atoms with E-state index in [-0.39, 0.29) is 12.1 Å². The number of benzene rings is 1. The molecular weight excluding hydrogens is 282 g/mol. The lowest BCUT2D eigenvalue weighted by Crippen LogP contribution is -2.45. The summed E-state index contributed by atoms with van der Waals surface area (Å²) in [5, 5.41) is 2.82. The van der Waals surface area contributed by atoms with Gasteiger partial charge >= 0.3 is 12.1 Å². The first-order valence-electron chi connectivity index (χ1n) is 7.61. The molecular formula is C16H23N3O3. The van der Waals surface area contributed by atoms with Crippen LogP contribution >= 0.6 is 0 Å². The van der Waals surface area contributed by atoms with E-state index in [1.54, 1.807) is 16.8 Å². The van der Waals surface area contributed by atoms with Gasteiger partial charge in [-0.25, -0.2) is 9.59 Å². The van der Waals surface area contributed by atoms with Crippen LogP contribution in [0.1, 0.15) is 12.0 Å². The highest BCUT2D eigenvalue weighted by atomic mass is 16.6. The smallest absolute Gasteiger partial charge is 0.409 e. The van der Waals surface area contributed by atoms with Crippen LogP contribution in [-0.4, -0.2) is 61.8 Å². The van der Waals surface area contributed by atoms with Gasteiger partial charge in [0, 0.05) is 33.2 Å². The van der Waals surface area contributed by atoms with E-state index < -0.39 is 0 Å². The molecule has 120 valence electrons. The van der Waals surface area contributed by atoms with Crippen molar-refractivity contribution in [3.05, 3.63) is 35.9 Å². The fourth-order valence-corrected chi connectivity index (χ4v) is 2.28. The highest BCUT2D eigenvalue weighted by molar-refractivity contribution is 5.74. The normalized spacial score (nSPS) is 14.4. The Labute approximate surface area is 131 Å². The Morgan fingerprint density at radius 2 is 2.14 bits per heavy atom. The summed E-state index contributed by atoms with van der Waals surface area (Å²) in [6, 6.07) is 9.94. The molecule has 1 aliphatic heterocycles. The van der Waals surface area contributed by atoms with Crippen molar-refractivity contribution < 1.29 is 14.3 Å². The van der Waals surface area contributed by atoms with E-state index in [4.69, 9.17) is 4.74 Å². The highest BCUT2D eigenvalue weighted by Crippen LogP contribution is 2.03. The zero-order chi connectivity index (χ0) is 15.8. The van der Waals surface area contributed by atoms with Gasteiger partial charge in [-0.15, -0.1) is 0 Å². The minimum Gasteiger partial charge on any atom is -0.449 e. The van der Waals surface area contributed by atoms with Gasteiger partial charge < -0.3 is 19.9 Å². The van der Waals surface area contributed by atoms with Crippen molar-refractivity contribution in [3.8, 4) is 0 Å². The topological polar surface area (TPSA) is 61.9 Å². The van der Waals surface area contributed by atoms with Gasteiger partial charge in [-0.1, -0.05) is 30.3 Å². The minimum absolute atomic E-state index is 0.124. The van der Waals surface area contributed by atoms with Crippen molar-refractivity contribution in [2.24, 2.45) is 0 Å². The Kier molecular flexibility index (Phi) is 6.06. The number of amides is 3. The molecule has 2 rings (SSSR count). The zero-order valence-corrected chi connectivity index (χ0v) is 13.0. The Morgan fingerprint density at radius 3 is 2.86 bits per heavy atom. The van der Waals surface area contributed by atoms with Crippen molar-refractivity contribution >= 4 is 12.1 Å². The van der Waals surface area contributed by atoms with Crippen molar-refractivity contribution in [3.63, 3.8) is 0 Å². The third-order valence-corrected chi connectivity index (χ3v) is 3.64. The predicted molar refractivity (Wildman–Crippen MR) is 83.7 cm³/mol. The van der Waals surface area contributed by atoms with Gasteiger partial charge in [0.15, 0.2) is 0 Å². The van der Waals surface area contributed by atoms with Crippen molar-refractivity contribution in [1.82, 2.24) is 15.1 Å². The molecule has 1 aliphatic rings. The standard InChI is InChI=1S/C16H23N3O3/c1-18(11-8-14-6-3-2-4-7-14)15(20)17-9-12-19-10-5-13-22-16(19)21/h2-4,6-7H,5,8-13H2,1H3,(H,17,20). The Hall–Kier alpha value is -2.24. The van der Waals surface area contributed by atoms with Crippen LogP contribution in [0.2, 0.25) is 0 Å². The molecule has 0 spiro atoms. The van der Waals surface area contributed by atoms with Crippen LogP contribution < -0.4 is 5.32 Å². The number of nitrogens with one attached hydrogen (secondary N) is 1. The molecule has 1 saturated heterocycles. The number of urea groups is 1. The minimum atomic E-state index is -0.294. The zero-order valence-electron chi connectivity index (χ0n) is 13.0. The average molecular weight is 305 g/mol. The lowest BCUT2D eigenvalue weighted by Gasteiger charge is -2.26. The number of hydrogen-bond donors (Lipinski definition) is 1. The maximum atomic E-state index is 12.0. The quantitative estimate of drug-likeness (QED) is 0.870. The van der Waals surface area contributed by atoms with E-state index in [0.717, 1.165) is 12.8 Å².